The molecule has 21 heavy (non-hydrogen) atoms. The average Bonchev–Trinajstić information content (AvgIpc) is 2.50. The highest BCUT2D eigenvalue weighted by Gasteiger charge is 2.22. The van der Waals surface area contributed by atoms with Crippen LogP contribution in [-0.2, 0) is 0 Å². The number of nitrogens with one attached hydrogen (secondary N) is 1. The number of hydrogen-bond acceptors (Lipinski definition) is 4. The molecule has 110 valence electrons. The maximum absolute atomic E-state index is 9.63. The lowest BCUT2D eigenvalue weighted by molar-refractivity contribution is 0.153. The van der Waals surface area contributed by atoms with E-state index in [1.165, 1.54) is 5.56 Å². The van der Waals surface area contributed by atoms with Crippen LogP contribution in [0.25, 0.3) is 0 Å². The van der Waals surface area contributed by atoms with E-state index < -0.39 is 6.10 Å². The highest BCUT2D eigenvalue weighted by atomic mass is 79.9. The van der Waals surface area contributed by atoms with E-state index in [-0.39, 0.29) is 11.8 Å². The van der Waals surface area contributed by atoms with Gasteiger partial charge in [-0.3, -0.25) is 0 Å². The molecule has 0 spiro atoms. The van der Waals surface area contributed by atoms with Crippen molar-refractivity contribution in [2.45, 2.75) is 31.4 Å². The number of nitrogens with zero attached hydrogens (tertiary/aromatic N) is 1. The van der Waals surface area contributed by atoms with Crippen molar-refractivity contribution in [3.63, 3.8) is 0 Å². The largest absolute Gasteiger partial charge is 0.510 e. The fourth-order valence-electron chi connectivity index (χ4n) is 2.61. The van der Waals surface area contributed by atoms with Crippen LogP contribution in [0.1, 0.15) is 30.9 Å². The van der Waals surface area contributed by atoms with Crippen LogP contribution in [0.5, 0.6) is 0 Å². The summed E-state index contributed by atoms with van der Waals surface area (Å²) in [7, 11) is 0. The zero-order valence-corrected chi connectivity index (χ0v) is 13.0. The summed E-state index contributed by atoms with van der Waals surface area (Å²) < 4.78 is 1.06. The molecule has 2 unspecified atom stereocenters. The lowest BCUT2D eigenvalue weighted by Gasteiger charge is -2.25. The molecule has 0 amide bonds. The zero-order chi connectivity index (χ0) is 14.8. The number of hydrazone groups is 1. The summed E-state index contributed by atoms with van der Waals surface area (Å²) in [6.07, 6.45) is 4.98. The minimum atomic E-state index is -0.777. The molecule has 1 aromatic carbocycles. The van der Waals surface area contributed by atoms with E-state index in [4.69, 9.17) is 0 Å². The molecule has 0 fully saturated rings. The van der Waals surface area contributed by atoms with Gasteiger partial charge in [0.15, 0.2) is 0 Å². The van der Waals surface area contributed by atoms with Gasteiger partial charge in [0.1, 0.15) is 11.9 Å². The third-order valence-electron chi connectivity index (χ3n) is 3.82. The highest BCUT2D eigenvalue weighted by molar-refractivity contribution is 9.10. The van der Waals surface area contributed by atoms with E-state index in [2.05, 4.69) is 38.6 Å². The summed E-state index contributed by atoms with van der Waals surface area (Å²) >= 11 is 3.48. The van der Waals surface area contributed by atoms with Gasteiger partial charge in [-0.1, -0.05) is 34.1 Å². The molecule has 0 saturated carbocycles. The van der Waals surface area contributed by atoms with E-state index in [0.717, 1.165) is 28.6 Å². The van der Waals surface area contributed by atoms with Crippen molar-refractivity contribution in [1.29, 1.82) is 0 Å². The standard InChI is InChI=1S/C16H17BrN2O2/c17-12-3-1-2-10(8-12)13-5-6-14(19-18-13)11-4-7-15(20)16(21)9-11/h1-4,8-9,13,15,18,20-21H,5-7H2. The maximum atomic E-state index is 9.63. The molecule has 1 aliphatic heterocycles. The van der Waals surface area contributed by atoms with Gasteiger partial charge in [-0.05, 0) is 48.6 Å². The zero-order valence-electron chi connectivity index (χ0n) is 11.5. The first-order chi connectivity index (χ1) is 10.1. The second-order valence-corrected chi connectivity index (χ2v) is 6.23. The van der Waals surface area contributed by atoms with E-state index in [0.29, 0.717) is 6.42 Å². The van der Waals surface area contributed by atoms with Crippen molar-refractivity contribution in [2.24, 2.45) is 5.10 Å². The van der Waals surface area contributed by atoms with Gasteiger partial charge in [-0.2, -0.15) is 5.10 Å². The first-order valence-corrected chi connectivity index (χ1v) is 7.79. The van der Waals surface area contributed by atoms with Crippen LogP contribution >= 0.6 is 15.9 Å². The molecule has 1 heterocycles. The van der Waals surface area contributed by atoms with Crippen LogP contribution < -0.4 is 5.43 Å². The Bertz CT molecular complexity index is 637. The normalized spacial score (nSPS) is 25.5. The average molecular weight is 349 g/mol. The number of aliphatic hydroxyl groups excluding tert-OH is 2. The van der Waals surface area contributed by atoms with Gasteiger partial charge in [0.2, 0.25) is 0 Å². The summed E-state index contributed by atoms with van der Waals surface area (Å²) in [5, 5.41) is 23.6. The summed E-state index contributed by atoms with van der Waals surface area (Å²) in [5.74, 6) is 0.0179. The van der Waals surface area contributed by atoms with E-state index in [1.807, 2.05) is 18.2 Å². The van der Waals surface area contributed by atoms with Gasteiger partial charge >= 0.3 is 0 Å². The Morgan fingerprint density at radius 1 is 1.33 bits per heavy atom. The molecule has 0 radical (unpaired) electrons. The fourth-order valence-corrected chi connectivity index (χ4v) is 3.02. The molecule has 1 aromatic rings. The first kappa shape index (κ1) is 14.4. The molecular weight excluding hydrogens is 332 g/mol. The van der Waals surface area contributed by atoms with Crippen molar-refractivity contribution in [1.82, 2.24) is 5.43 Å². The van der Waals surface area contributed by atoms with Crippen LogP contribution in [0, 0.1) is 0 Å². The molecule has 2 atom stereocenters. The first-order valence-electron chi connectivity index (χ1n) is 7.00. The van der Waals surface area contributed by atoms with Crippen LogP contribution in [-0.4, -0.2) is 22.0 Å². The van der Waals surface area contributed by atoms with E-state index in [1.54, 1.807) is 6.08 Å². The van der Waals surface area contributed by atoms with Crippen molar-refractivity contribution in [3.05, 3.63) is 57.8 Å². The Hall–Kier alpha value is -1.59. The van der Waals surface area contributed by atoms with Crippen LogP contribution in [0.4, 0.5) is 0 Å². The van der Waals surface area contributed by atoms with Gasteiger partial charge in [0, 0.05) is 4.47 Å². The summed E-state index contributed by atoms with van der Waals surface area (Å²) in [5.41, 5.74) is 6.23. The van der Waals surface area contributed by atoms with Gasteiger partial charge in [0.25, 0.3) is 0 Å². The minimum Gasteiger partial charge on any atom is -0.510 e. The predicted octanol–water partition coefficient (Wildman–Crippen LogP) is 3.36. The second kappa shape index (κ2) is 6.03. The summed E-state index contributed by atoms with van der Waals surface area (Å²) in [6.45, 7) is 0. The number of allylic oxidation sites excluding steroid dienone is 2. The number of hydrogen-bond donors (Lipinski definition) is 3. The van der Waals surface area contributed by atoms with Gasteiger partial charge in [-0.15, -0.1) is 0 Å². The molecule has 0 bridgehead atoms. The smallest absolute Gasteiger partial charge is 0.122 e. The van der Waals surface area contributed by atoms with Crippen LogP contribution in [0.3, 0.4) is 0 Å². The van der Waals surface area contributed by atoms with Crippen molar-refractivity contribution in [3.8, 4) is 0 Å². The Kier molecular flexibility index (Phi) is 4.12. The third-order valence-corrected chi connectivity index (χ3v) is 4.31. The number of halogens is 1. The number of rotatable bonds is 2. The summed E-state index contributed by atoms with van der Waals surface area (Å²) in [6, 6.07) is 8.42. The third kappa shape index (κ3) is 3.19. The molecule has 0 aromatic heterocycles. The molecule has 1 aliphatic carbocycles. The Morgan fingerprint density at radius 3 is 2.86 bits per heavy atom. The van der Waals surface area contributed by atoms with Crippen molar-refractivity contribution < 1.29 is 10.2 Å². The second-order valence-electron chi connectivity index (χ2n) is 5.31. The van der Waals surface area contributed by atoms with E-state index >= 15 is 0 Å². The fraction of sp³-hybridized carbons (Fsp3) is 0.312. The lowest BCUT2D eigenvalue weighted by Crippen LogP contribution is -2.26. The maximum Gasteiger partial charge on any atom is 0.122 e. The quantitative estimate of drug-likeness (QED) is 0.767. The molecule has 5 heteroatoms. The topological polar surface area (TPSA) is 64.9 Å². The summed E-state index contributed by atoms with van der Waals surface area (Å²) in [4.78, 5) is 0. The Labute approximate surface area is 132 Å². The van der Waals surface area contributed by atoms with Crippen LogP contribution in [0.2, 0.25) is 0 Å². The van der Waals surface area contributed by atoms with Gasteiger partial charge in [-0.25, -0.2) is 0 Å². The Balaban J connectivity index is 1.73. The van der Waals surface area contributed by atoms with Crippen molar-refractivity contribution >= 4 is 21.6 Å². The number of benzene rings is 1. The Morgan fingerprint density at radius 2 is 2.19 bits per heavy atom. The molecule has 4 nitrogen and oxygen atoms in total. The monoisotopic (exact) mass is 348 g/mol. The minimum absolute atomic E-state index is 0.0179. The molecule has 3 N–H and O–H groups in total. The van der Waals surface area contributed by atoms with Crippen molar-refractivity contribution in [2.75, 3.05) is 0 Å². The molecule has 2 aliphatic rings. The highest BCUT2D eigenvalue weighted by Crippen LogP contribution is 2.27. The van der Waals surface area contributed by atoms with Crippen LogP contribution in [0.15, 0.2) is 57.3 Å². The van der Waals surface area contributed by atoms with Gasteiger partial charge < -0.3 is 15.6 Å². The van der Waals surface area contributed by atoms with E-state index in [9.17, 15) is 10.2 Å². The lowest BCUT2D eigenvalue weighted by atomic mass is 9.93. The molecular formula is C16H17BrN2O2. The number of aliphatic hydroxyl groups is 2. The molecule has 0 saturated heterocycles. The van der Waals surface area contributed by atoms with Gasteiger partial charge in [0.05, 0.1) is 11.8 Å². The molecule has 3 rings (SSSR count). The SMILES string of the molecule is OC1=CC(C2=NNC(c3cccc(Br)c3)CC2)=CCC1O. The predicted molar refractivity (Wildman–Crippen MR) is 86.1 cm³/mol.